The minimum absolute atomic E-state index is 0.296. The number of hydrogen-bond donors (Lipinski definition) is 0. The summed E-state index contributed by atoms with van der Waals surface area (Å²) in [5.74, 6) is 0.296. The van der Waals surface area contributed by atoms with E-state index in [1.165, 1.54) is 5.57 Å². The number of alkyl halides is 1. The molecule has 0 aromatic carbocycles. The highest BCUT2D eigenvalue weighted by Crippen LogP contribution is 2.28. The van der Waals surface area contributed by atoms with Crippen molar-refractivity contribution in [3.63, 3.8) is 0 Å². The van der Waals surface area contributed by atoms with Gasteiger partial charge in [-0.2, -0.15) is 0 Å². The summed E-state index contributed by atoms with van der Waals surface area (Å²) in [5.41, 5.74) is 1.36. The van der Waals surface area contributed by atoms with E-state index in [1.54, 1.807) is 0 Å². The zero-order valence-electron chi connectivity index (χ0n) is 6.73. The molecule has 0 saturated carbocycles. The van der Waals surface area contributed by atoms with Crippen LogP contribution in [0.15, 0.2) is 11.6 Å². The molecule has 1 aliphatic rings. The second kappa shape index (κ2) is 3.18. The molecule has 0 aromatic rings. The van der Waals surface area contributed by atoms with Gasteiger partial charge < -0.3 is 0 Å². The number of hydrogen-bond acceptors (Lipinski definition) is 0. The Hall–Kier alpha value is -0.330. The van der Waals surface area contributed by atoms with Gasteiger partial charge in [-0.3, -0.25) is 0 Å². The molecule has 0 aromatic heterocycles. The quantitative estimate of drug-likeness (QED) is 0.493. The molecule has 58 valence electrons. The Balaban J connectivity index is 2.53. The molecule has 2 unspecified atom stereocenters. The summed E-state index contributed by atoms with van der Waals surface area (Å²) in [6, 6.07) is 0. The zero-order chi connectivity index (χ0) is 7.56. The maximum Gasteiger partial charge on any atom is 0.107 e. The molecule has 0 spiro atoms. The Morgan fingerprint density at radius 1 is 1.70 bits per heavy atom. The number of rotatable bonds is 1. The Bertz CT molecular complexity index is 138. The normalized spacial score (nSPS) is 33.7. The summed E-state index contributed by atoms with van der Waals surface area (Å²) >= 11 is 0. The van der Waals surface area contributed by atoms with E-state index < -0.39 is 6.17 Å². The van der Waals surface area contributed by atoms with Crippen molar-refractivity contribution in [2.45, 2.75) is 39.3 Å². The lowest BCUT2D eigenvalue weighted by Crippen LogP contribution is -2.18. The highest BCUT2D eigenvalue weighted by atomic mass is 19.1. The van der Waals surface area contributed by atoms with E-state index in [4.69, 9.17) is 0 Å². The van der Waals surface area contributed by atoms with Crippen molar-refractivity contribution in [3.05, 3.63) is 11.6 Å². The second-order valence-electron chi connectivity index (χ2n) is 3.17. The number of allylic oxidation sites excluding steroid dienone is 2. The fraction of sp³-hybridized carbons (Fsp3) is 0.778. The van der Waals surface area contributed by atoms with Gasteiger partial charge in [0.25, 0.3) is 0 Å². The Morgan fingerprint density at radius 2 is 2.40 bits per heavy atom. The van der Waals surface area contributed by atoms with Crippen LogP contribution in [0.5, 0.6) is 0 Å². The third kappa shape index (κ3) is 1.59. The predicted octanol–water partition coefficient (Wildman–Crippen LogP) is 3.09. The van der Waals surface area contributed by atoms with E-state index >= 15 is 0 Å². The molecular weight excluding hydrogens is 127 g/mol. The van der Waals surface area contributed by atoms with Gasteiger partial charge in [0.05, 0.1) is 0 Å². The molecular formula is C9H15F. The van der Waals surface area contributed by atoms with E-state index in [9.17, 15) is 4.39 Å². The summed E-state index contributed by atoms with van der Waals surface area (Å²) in [4.78, 5) is 0. The maximum atomic E-state index is 13.0. The van der Waals surface area contributed by atoms with Gasteiger partial charge >= 0.3 is 0 Å². The van der Waals surface area contributed by atoms with Crippen LogP contribution in [0.3, 0.4) is 0 Å². The molecule has 0 aliphatic heterocycles. The van der Waals surface area contributed by atoms with Gasteiger partial charge in [-0.1, -0.05) is 25.0 Å². The van der Waals surface area contributed by atoms with E-state index in [0.717, 1.165) is 12.8 Å². The van der Waals surface area contributed by atoms with Gasteiger partial charge in [-0.25, -0.2) is 4.39 Å². The van der Waals surface area contributed by atoms with E-state index in [2.05, 4.69) is 13.8 Å². The lowest BCUT2D eigenvalue weighted by Gasteiger charge is -2.23. The highest BCUT2D eigenvalue weighted by molar-refractivity contribution is 5.05. The van der Waals surface area contributed by atoms with Crippen LogP contribution in [0.25, 0.3) is 0 Å². The molecule has 1 heteroatoms. The van der Waals surface area contributed by atoms with Gasteiger partial charge in [0, 0.05) is 0 Å². The van der Waals surface area contributed by atoms with Crippen LogP contribution in [0.4, 0.5) is 4.39 Å². The lowest BCUT2D eigenvalue weighted by molar-refractivity contribution is 0.212. The molecule has 0 radical (unpaired) electrons. The molecule has 0 heterocycles. The summed E-state index contributed by atoms with van der Waals surface area (Å²) in [5, 5.41) is 0. The molecule has 10 heavy (non-hydrogen) atoms. The Morgan fingerprint density at radius 3 is 2.90 bits per heavy atom. The fourth-order valence-corrected chi connectivity index (χ4v) is 1.53. The molecule has 0 nitrogen and oxygen atoms in total. The minimum Gasteiger partial charge on any atom is -0.247 e. The van der Waals surface area contributed by atoms with Crippen molar-refractivity contribution in [1.29, 1.82) is 0 Å². The average molecular weight is 142 g/mol. The van der Waals surface area contributed by atoms with Gasteiger partial charge in [-0.15, -0.1) is 0 Å². The first kappa shape index (κ1) is 7.77. The van der Waals surface area contributed by atoms with Crippen LogP contribution in [-0.2, 0) is 0 Å². The standard InChI is InChI=1S/C9H15F/c1-3-8-6-7(2)4-5-9(8)10/h4,8-9H,3,5-6H2,1-2H3. The molecule has 1 rings (SSSR count). The third-order valence-corrected chi connectivity index (χ3v) is 2.31. The first-order chi connectivity index (χ1) is 4.74. The van der Waals surface area contributed by atoms with Gasteiger partial charge in [0.15, 0.2) is 0 Å². The fourth-order valence-electron chi connectivity index (χ4n) is 1.53. The molecule has 0 saturated heterocycles. The minimum atomic E-state index is -0.575. The molecule has 0 fully saturated rings. The van der Waals surface area contributed by atoms with E-state index in [1.807, 2.05) is 6.08 Å². The van der Waals surface area contributed by atoms with Crippen LogP contribution in [0.1, 0.15) is 33.1 Å². The molecule has 2 atom stereocenters. The topological polar surface area (TPSA) is 0 Å². The van der Waals surface area contributed by atoms with Gasteiger partial charge in [-0.05, 0) is 25.7 Å². The van der Waals surface area contributed by atoms with Crippen molar-refractivity contribution in [2.24, 2.45) is 5.92 Å². The summed E-state index contributed by atoms with van der Waals surface area (Å²) < 4.78 is 13.0. The smallest absolute Gasteiger partial charge is 0.107 e. The predicted molar refractivity (Wildman–Crippen MR) is 41.7 cm³/mol. The maximum absolute atomic E-state index is 13.0. The van der Waals surface area contributed by atoms with Crippen molar-refractivity contribution < 1.29 is 4.39 Å². The first-order valence-corrected chi connectivity index (χ1v) is 4.03. The van der Waals surface area contributed by atoms with Gasteiger partial charge in [0.2, 0.25) is 0 Å². The number of halogens is 1. The lowest BCUT2D eigenvalue weighted by atomic mass is 9.86. The average Bonchev–Trinajstić information content (AvgIpc) is 1.94. The van der Waals surface area contributed by atoms with Crippen LogP contribution in [0.2, 0.25) is 0 Å². The molecule has 0 bridgehead atoms. The van der Waals surface area contributed by atoms with Crippen LogP contribution < -0.4 is 0 Å². The molecule has 0 amide bonds. The molecule has 0 N–H and O–H groups in total. The summed E-state index contributed by atoms with van der Waals surface area (Å²) in [7, 11) is 0. The van der Waals surface area contributed by atoms with Crippen molar-refractivity contribution in [3.8, 4) is 0 Å². The Labute approximate surface area is 62.1 Å². The zero-order valence-corrected chi connectivity index (χ0v) is 6.73. The van der Waals surface area contributed by atoms with Gasteiger partial charge in [0.1, 0.15) is 6.17 Å². The SMILES string of the molecule is CCC1CC(C)=CCC1F. The van der Waals surface area contributed by atoms with Crippen molar-refractivity contribution in [2.75, 3.05) is 0 Å². The Kier molecular flexibility index (Phi) is 2.47. The highest BCUT2D eigenvalue weighted by Gasteiger charge is 2.21. The van der Waals surface area contributed by atoms with E-state index in [0.29, 0.717) is 12.3 Å². The van der Waals surface area contributed by atoms with E-state index in [-0.39, 0.29) is 0 Å². The van der Waals surface area contributed by atoms with Crippen LogP contribution in [0, 0.1) is 5.92 Å². The first-order valence-electron chi connectivity index (χ1n) is 4.03. The van der Waals surface area contributed by atoms with Crippen LogP contribution in [-0.4, -0.2) is 6.17 Å². The third-order valence-electron chi connectivity index (χ3n) is 2.31. The summed E-state index contributed by atoms with van der Waals surface area (Å²) in [6.45, 7) is 4.16. The van der Waals surface area contributed by atoms with Crippen LogP contribution >= 0.6 is 0 Å². The van der Waals surface area contributed by atoms with Crippen molar-refractivity contribution in [1.82, 2.24) is 0 Å². The summed E-state index contributed by atoms with van der Waals surface area (Å²) in [6.07, 6.45) is 4.04. The molecule has 1 aliphatic carbocycles. The second-order valence-corrected chi connectivity index (χ2v) is 3.17. The largest absolute Gasteiger partial charge is 0.247 e. The monoisotopic (exact) mass is 142 g/mol. The van der Waals surface area contributed by atoms with Crippen molar-refractivity contribution >= 4 is 0 Å².